The normalized spacial score (nSPS) is 12.6. The lowest BCUT2D eigenvalue weighted by Crippen LogP contribution is -2.49. The van der Waals surface area contributed by atoms with Crippen LogP contribution in [0.25, 0.3) is 0 Å². The molecule has 0 heterocycles. The molecule has 0 amide bonds. The van der Waals surface area contributed by atoms with E-state index in [1.165, 1.54) is 12.1 Å². The van der Waals surface area contributed by atoms with Crippen LogP contribution in [0.3, 0.4) is 0 Å². The van der Waals surface area contributed by atoms with Crippen molar-refractivity contribution in [2.75, 3.05) is 12.8 Å². The van der Waals surface area contributed by atoms with Crippen LogP contribution in [-0.2, 0) is 16.6 Å². The van der Waals surface area contributed by atoms with Crippen LogP contribution in [-0.4, -0.2) is 31.9 Å². The Bertz CT molecular complexity index is 524. The fourth-order valence-corrected chi connectivity index (χ4v) is 2.87. The van der Waals surface area contributed by atoms with Crippen molar-refractivity contribution >= 4 is 10.0 Å². The summed E-state index contributed by atoms with van der Waals surface area (Å²) in [5.41, 5.74) is -0.0594. The number of halogens is 1. The van der Waals surface area contributed by atoms with E-state index >= 15 is 0 Å². The molecule has 7 heteroatoms. The lowest BCUT2D eigenvalue weighted by Gasteiger charge is -2.25. The van der Waals surface area contributed by atoms with E-state index in [1.54, 1.807) is 13.8 Å². The molecule has 0 aliphatic rings. The third-order valence-corrected chi connectivity index (χ3v) is 3.22. The van der Waals surface area contributed by atoms with Gasteiger partial charge in [0.05, 0.1) is 6.26 Å². The first-order chi connectivity index (χ1) is 8.57. The lowest BCUT2D eigenvalue weighted by molar-refractivity contribution is 0.420. The van der Waals surface area contributed by atoms with E-state index in [0.717, 1.165) is 12.3 Å². The molecule has 0 radical (unpaired) electrons. The molecule has 0 aromatic heterocycles. The van der Waals surface area contributed by atoms with E-state index in [9.17, 15) is 17.9 Å². The van der Waals surface area contributed by atoms with Crippen LogP contribution in [0.15, 0.2) is 18.2 Å². The van der Waals surface area contributed by atoms with Gasteiger partial charge in [0.2, 0.25) is 10.0 Å². The largest absolute Gasteiger partial charge is 0.508 e. The second-order valence-corrected chi connectivity index (χ2v) is 6.93. The molecule has 0 saturated carbocycles. The van der Waals surface area contributed by atoms with E-state index < -0.39 is 21.4 Å². The Labute approximate surface area is 112 Å². The van der Waals surface area contributed by atoms with Gasteiger partial charge in [-0.2, -0.15) is 0 Å². The number of hydrogen-bond donors (Lipinski definition) is 3. The predicted molar refractivity (Wildman–Crippen MR) is 71.8 cm³/mol. The third-order valence-electron chi connectivity index (χ3n) is 2.30. The number of phenols is 1. The summed E-state index contributed by atoms with van der Waals surface area (Å²) < 4.78 is 37.8. The molecule has 0 aliphatic carbocycles. The minimum absolute atomic E-state index is 0.134. The van der Waals surface area contributed by atoms with E-state index in [0.29, 0.717) is 18.7 Å². The molecule has 0 saturated heterocycles. The summed E-state index contributed by atoms with van der Waals surface area (Å²) in [6.45, 7) is 4.19. The summed E-state index contributed by atoms with van der Waals surface area (Å²) in [6, 6.07) is 3.79. The fraction of sp³-hybridized carbons (Fsp3) is 0.500. The van der Waals surface area contributed by atoms with Gasteiger partial charge in [0.25, 0.3) is 0 Å². The summed E-state index contributed by atoms with van der Waals surface area (Å²) >= 11 is 0. The van der Waals surface area contributed by atoms with Gasteiger partial charge in [-0.3, -0.25) is 0 Å². The highest BCUT2D eigenvalue weighted by atomic mass is 32.2. The van der Waals surface area contributed by atoms with Gasteiger partial charge in [-0.25, -0.2) is 17.5 Å². The van der Waals surface area contributed by atoms with Crippen molar-refractivity contribution in [1.29, 1.82) is 0 Å². The maximum absolute atomic E-state index is 13.0. The maximum atomic E-state index is 13.0. The number of hydrogen-bond acceptors (Lipinski definition) is 4. The minimum atomic E-state index is -3.28. The van der Waals surface area contributed by atoms with Crippen molar-refractivity contribution in [2.24, 2.45) is 0 Å². The quantitative estimate of drug-likeness (QED) is 0.729. The molecule has 0 aliphatic heterocycles. The smallest absolute Gasteiger partial charge is 0.209 e. The molecular formula is C12H19FN2O3S. The van der Waals surface area contributed by atoms with Gasteiger partial charge in [-0.1, -0.05) is 0 Å². The molecule has 0 bridgehead atoms. The molecule has 108 valence electrons. The van der Waals surface area contributed by atoms with Crippen molar-refractivity contribution < 1.29 is 17.9 Å². The predicted octanol–water partition coefficient (Wildman–Crippen LogP) is 0.949. The van der Waals surface area contributed by atoms with Gasteiger partial charge in [0.1, 0.15) is 11.6 Å². The van der Waals surface area contributed by atoms with Gasteiger partial charge in [-0.15, -0.1) is 0 Å². The zero-order valence-corrected chi connectivity index (χ0v) is 12.0. The van der Waals surface area contributed by atoms with Crippen LogP contribution in [0, 0.1) is 5.82 Å². The van der Waals surface area contributed by atoms with Gasteiger partial charge in [0, 0.05) is 24.7 Å². The molecule has 3 N–H and O–H groups in total. The van der Waals surface area contributed by atoms with E-state index in [-0.39, 0.29) is 5.75 Å². The molecule has 19 heavy (non-hydrogen) atoms. The molecule has 1 aromatic carbocycles. The van der Waals surface area contributed by atoms with E-state index in [4.69, 9.17) is 0 Å². The van der Waals surface area contributed by atoms with Crippen LogP contribution < -0.4 is 10.0 Å². The highest BCUT2D eigenvalue weighted by Crippen LogP contribution is 2.14. The van der Waals surface area contributed by atoms with Crippen molar-refractivity contribution in [3.8, 4) is 5.75 Å². The SMILES string of the molecule is CC(C)(CNCc1cc(O)cc(F)c1)NS(C)(=O)=O. The average Bonchev–Trinajstić information content (AvgIpc) is 2.10. The van der Waals surface area contributed by atoms with Gasteiger partial charge in [-0.05, 0) is 31.5 Å². The summed E-state index contributed by atoms with van der Waals surface area (Å²) in [7, 11) is -3.28. The van der Waals surface area contributed by atoms with Gasteiger partial charge in [0.15, 0.2) is 0 Å². The second kappa shape index (κ2) is 5.85. The highest BCUT2D eigenvalue weighted by molar-refractivity contribution is 7.88. The van der Waals surface area contributed by atoms with Crippen LogP contribution >= 0.6 is 0 Å². The molecule has 1 aromatic rings. The lowest BCUT2D eigenvalue weighted by atomic mass is 10.1. The van der Waals surface area contributed by atoms with Gasteiger partial charge < -0.3 is 10.4 Å². The highest BCUT2D eigenvalue weighted by Gasteiger charge is 2.21. The number of benzene rings is 1. The number of phenolic OH excluding ortho intramolecular Hbond substituents is 1. The number of sulfonamides is 1. The molecule has 5 nitrogen and oxygen atoms in total. The summed E-state index contributed by atoms with van der Waals surface area (Å²) in [6.07, 6.45) is 1.10. The fourth-order valence-electron chi connectivity index (χ4n) is 1.79. The van der Waals surface area contributed by atoms with Crippen molar-refractivity contribution in [2.45, 2.75) is 25.9 Å². The van der Waals surface area contributed by atoms with Crippen LogP contribution in [0.4, 0.5) is 4.39 Å². The zero-order chi connectivity index (χ0) is 14.7. The Hall–Kier alpha value is -1.18. The number of nitrogens with one attached hydrogen (secondary N) is 2. The third kappa shape index (κ3) is 6.51. The maximum Gasteiger partial charge on any atom is 0.209 e. The number of rotatable bonds is 6. The number of aromatic hydroxyl groups is 1. The van der Waals surface area contributed by atoms with E-state index in [2.05, 4.69) is 10.0 Å². The van der Waals surface area contributed by atoms with Crippen LogP contribution in [0.1, 0.15) is 19.4 Å². The van der Waals surface area contributed by atoms with Gasteiger partial charge >= 0.3 is 0 Å². The van der Waals surface area contributed by atoms with Crippen molar-refractivity contribution in [3.63, 3.8) is 0 Å². The first-order valence-corrected chi connectivity index (χ1v) is 7.65. The monoisotopic (exact) mass is 290 g/mol. The molecule has 1 rings (SSSR count). The molecule has 0 spiro atoms. The standard InChI is InChI=1S/C12H19FN2O3S/c1-12(2,15-19(3,17)18)8-14-7-9-4-10(13)6-11(16)5-9/h4-6,14-16H,7-8H2,1-3H3. The summed E-state index contributed by atoms with van der Waals surface area (Å²) in [4.78, 5) is 0. The topological polar surface area (TPSA) is 78.4 Å². The zero-order valence-electron chi connectivity index (χ0n) is 11.2. The van der Waals surface area contributed by atoms with Crippen molar-refractivity contribution in [1.82, 2.24) is 10.0 Å². The Kier molecular flexibility index (Phi) is 4.89. The summed E-state index contributed by atoms with van der Waals surface area (Å²) in [5.74, 6) is -0.643. The molecule has 0 unspecified atom stereocenters. The Balaban J connectivity index is 2.54. The molecule has 0 atom stereocenters. The Morgan fingerprint density at radius 2 is 1.95 bits per heavy atom. The summed E-state index contributed by atoms with van der Waals surface area (Å²) in [5, 5.41) is 12.3. The minimum Gasteiger partial charge on any atom is -0.508 e. The van der Waals surface area contributed by atoms with Crippen LogP contribution in [0.5, 0.6) is 5.75 Å². The first kappa shape index (κ1) is 15.9. The Morgan fingerprint density at radius 3 is 2.47 bits per heavy atom. The first-order valence-electron chi connectivity index (χ1n) is 5.75. The molecular weight excluding hydrogens is 271 g/mol. The average molecular weight is 290 g/mol. The Morgan fingerprint density at radius 1 is 1.32 bits per heavy atom. The molecule has 0 fully saturated rings. The second-order valence-electron chi connectivity index (χ2n) is 5.18. The van der Waals surface area contributed by atoms with E-state index in [1.807, 2.05) is 0 Å². The van der Waals surface area contributed by atoms with Crippen molar-refractivity contribution in [3.05, 3.63) is 29.6 Å². The van der Waals surface area contributed by atoms with Crippen LogP contribution in [0.2, 0.25) is 0 Å².